The van der Waals surface area contributed by atoms with Crippen molar-refractivity contribution in [3.05, 3.63) is 98.2 Å². The van der Waals surface area contributed by atoms with Crippen molar-refractivity contribution >= 4 is 31.9 Å². The number of benzene rings is 2. The first-order chi connectivity index (χ1) is 15.6. The zero-order valence-electron chi connectivity index (χ0n) is 18.3. The molecule has 4 nitrogen and oxygen atoms in total. The highest BCUT2D eigenvalue weighted by Crippen LogP contribution is 2.17. The molecule has 1 aliphatic rings. The predicted octanol–water partition coefficient (Wildman–Crippen LogP) is 5.60. The highest BCUT2D eigenvalue weighted by Gasteiger charge is 2.13. The Kier molecular flexibility index (Phi) is 8.88. The van der Waals surface area contributed by atoms with Crippen molar-refractivity contribution in [2.75, 3.05) is 26.2 Å². The SMILES string of the molecule is Brc1cccc(CN2CCCNCCN(Cc3cccc(Br)c3)Cc3cccc(n3)C2)c1. The van der Waals surface area contributed by atoms with Gasteiger partial charge in [-0.05, 0) is 60.5 Å². The Hall–Kier alpha value is -1.57. The van der Waals surface area contributed by atoms with E-state index < -0.39 is 0 Å². The zero-order chi connectivity index (χ0) is 22.2. The zero-order valence-corrected chi connectivity index (χ0v) is 21.5. The third kappa shape index (κ3) is 7.49. The third-order valence-corrected chi connectivity index (χ3v) is 6.65. The molecule has 0 saturated carbocycles. The van der Waals surface area contributed by atoms with Crippen molar-refractivity contribution in [3.8, 4) is 0 Å². The van der Waals surface area contributed by atoms with Gasteiger partial charge in [0, 0.05) is 54.8 Å². The van der Waals surface area contributed by atoms with E-state index in [1.54, 1.807) is 0 Å². The van der Waals surface area contributed by atoms with Crippen molar-refractivity contribution < 1.29 is 0 Å². The summed E-state index contributed by atoms with van der Waals surface area (Å²) < 4.78 is 2.26. The van der Waals surface area contributed by atoms with Crippen LogP contribution in [0, 0.1) is 0 Å². The number of rotatable bonds is 4. The normalized spacial score (nSPS) is 16.7. The van der Waals surface area contributed by atoms with Gasteiger partial charge in [0.2, 0.25) is 0 Å². The van der Waals surface area contributed by atoms with Crippen molar-refractivity contribution in [1.29, 1.82) is 0 Å². The molecule has 2 aromatic carbocycles. The quantitative estimate of drug-likeness (QED) is 0.452. The van der Waals surface area contributed by atoms with Crippen LogP contribution < -0.4 is 5.32 Å². The second-order valence-corrected chi connectivity index (χ2v) is 10.2. The summed E-state index contributed by atoms with van der Waals surface area (Å²) in [6, 6.07) is 23.7. The Morgan fingerprint density at radius 2 is 1.28 bits per heavy atom. The molecule has 0 aliphatic carbocycles. The average Bonchev–Trinajstić information content (AvgIpc) is 2.76. The minimum Gasteiger partial charge on any atom is -0.315 e. The highest BCUT2D eigenvalue weighted by atomic mass is 79.9. The Bertz CT molecular complexity index is 934. The monoisotopic (exact) mass is 556 g/mol. The Labute approximate surface area is 208 Å². The van der Waals surface area contributed by atoms with Crippen molar-refractivity contribution in [2.45, 2.75) is 32.6 Å². The number of nitrogens with zero attached hydrogens (tertiary/aromatic N) is 3. The van der Waals surface area contributed by atoms with Gasteiger partial charge < -0.3 is 5.32 Å². The number of hydrogen-bond acceptors (Lipinski definition) is 4. The molecule has 32 heavy (non-hydrogen) atoms. The van der Waals surface area contributed by atoms with E-state index in [0.29, 0.717) is 0 Å². The largest absolute Gasteiger partial charge is 0.315 e. The number of nitrogens with one attached hydrogen (secondary N) is 1. The van der Waals surface area contributed by atoms with Gasteiger partial charge in [-0.25, -0.2) is 0 Å². The number of pyridine rings is 1. The van der Waals surface area contributed by atoms with E-state index >= 15 is 0 Å². The lowest BCUT2D eigenvalue weighted by atomic mass is 10.2. The lowest BCUT2D eigenvalue weighted by Gasteiger charge is -2.23. The van der Waals surface area contributed by atoms with Gasteiger partial charge in [-0.15, -0.1) is 0 Å². The van der Waals surface area contributed by atoms with Crippen molar-refractivity contribution in [1.82, 2.24) is 20.1 Å². The fourth-order valence-electron chi connectivity index (χ4n) is 4.17. The molecule has 0 atom stereocenters. The molecule has 0 saturated heterocycles. The predicted molar refractivity (Wildman–Crippen MR) is 138 cm³/mol. The number of fused-ring (bicyclic) bond motifs is 2. The summed E-state index contributed by atoms with van der Waals surface area (Å²) in [6.07, 6.45) is 1.12. The van der Waals surface area contributed by atoms with Gasteiger partial charge in [-0.2, -0.15) is 0 Å². The summed E-state index contributed by atoms with van der Waals surface area (Å²) in [4.78, 5) is 10.0. The summed E-state index contributed by atoms with van der Waals surface area (Å²) in [6.45, 7) is 7.64. The standard InChI is InChI=1S/C26H30Br2N4/c27-23-7-1-5-21(15-23)17-31-13-4-11-29-12-14-32(18-22-6-2-8-24(28)16-22)20-26-10-3-9-25(19-31)30-26/h1-3,5-10,15-16,29H,4,11-14,17-20H2. The van der Waals surface area contributed by atoms with Gasteiger partial charge in [0.15, 0.2) is 0 Å². The van der Waals surface area contributed by atoms with E-state index in [1.165, 1.54) is 11.1 Å². The maximum Gasteiger partial charge on any atom is 0.0548 e. The van der Waals surface area contributed by atoms with E-state index in [1.807, 2.05) is 0 Å². The van der Waals surface area contributed by atoms with E-state index in [9.17, 15) is 0 Å². The van der Waals surface area contributed by atoms with Crippen LogP contribution in [0.25, 0.3) is 0 Å². The van der Waals surface area contributed by atoms with Gasteiger partial charge in [0.25, 0.3) is 0 Å². The van der Waals surface area contributed by atoms with Gasteiger partial charge in [0.1, 0.15) is 0 Å². The number of halogens is 2. The van der Waals surface area contributed by atoms with Crippen LogP contribution in [0.2, 0.25) is 0 Å². The van der Waals surface area contributed by atoms with Gasteiger partial charge in [-0.1, -0.05) is 62.2 Å². The molecule has 1 N–H and O–H groups in total. The second-order valence-electron chi connectivity index (χ2n) is 8.40. The molecule has 3 aromatic rings. The third-order valence-electron chi connectivity index (χ3n) is 5.66. The van der Waals surface area contributed by atoms with E-state index in [4.69, 9.17) is 4.98 Å². The summed E-state index contributed by atoms with van der Waals surface area (Å²) in [5.74, 6) is 0. The molecule has 2 heterocycles. The Morgan fingerprint density at radius 1 is 0.719 bits per heavy atom. The molecular weight excluding hydrogens is 528 g/mol. The Morgan fingerprint density at radius 3 is 1.88 bits per heavy atom. The van der Waals surface area contributed by atoms with Crippen LogP contribution in [0.5, 0.6) is 0 Å². The second kappa shape index (κ2) is 12.1. The van der Waals surface area contributed by atoms with Crippen molar-refractivity contribution in [2.24, 2.45) is 0 Å². The van der Waals surface area contributed by atoms with Gasteiger partial charge in [0.05, 0.1) is 11.4 Å². The first-order valence-electron chi connectivity index (χ1n) is 11.2. The van der Waals surface area contributed by atoms with Crippen LogP contribution >= 0.6 is 31.9 Å². The highest BCUT2D eigenvalue weighted by molar-refractivity contribution is 9.10. The molecule has 168 valence electrons. The topological polar surface area (TPSA) is 31.4 Å². The van der Waals surface area contributed by atoms with E-state index in [0.717, 1.165) is 79.1 Å². The van der Waals surface area contributed by atoms with Crippen LogP contribution in [0.3, 0.4) is 0 Å². The molecule has 1 aliphatic heterocycles. The lowest BCUT2D eigenvalue weighted by Crippen LogP contribution is -2.32. The summed E-state index contributed by atoms with van der Waals surface area (Å²) >= 11 is 7.20. The van der Waals surface area contributed by atoms with Gasteiger partial charge in [-0.3, -0.25) is 14.8 Å². The molecule has 0 spiro atoms. The van der Waals surface area contributed by atoms with Gasteiger partial charge >= 0.3 is 0 Å². The fourth-order valence-corrected chi connectivity index (χ4v) is 5.06. The minimum absolute atomic E-state index is 0.855. The molecule has 0 amide bonds. The van der Waals surface area contributed by atoms with E-state index in [2.05, 4.69) is 114 Å². The summed E-state index contributed by atoms with van der Waals surface area (Å²) in [5, 5.41) is 3.65. The molecule has 1 aromatic heterocycles. The van der Waals surface area contributed by atoms with Crippen LogP contribution in [-0.2, 0) is 26.2 Å². The Balaban J connectivity index is 1.49. The smallest absolute Gasteiger partial charge is 0.0548 e. The molecule has 0 radical (unpaired) electrons. The summed E-state index contributed by atoms with van der Waals surface area (Å²) in [7, 11) is 0. The summed E-state index contributed by atoms with van der Waals surface area (Å²) in [5.41, 5.74) is 4.93. The minimum atomic E-state index is 0.855. The van der Waals surface area contributed by atoms with Crippen LogP contribution in [0.15, 0.2) is 75.7 Å². The van der Waals surface area contributed by atoms with Crippen molar-refractivity contribution in [3.63, 3.8) is 0 Å². The maximum absolute atomic E-state index is 5.03. The molecule has 4 rings (SSSR count). The molecule has 0 fully saturated rings. The van der Waals surface area contributed by atoms with Crippen LogP contribution in [-0.4, -0.2) is 41.0 Å². The molecular formula is C26H30Br2N4. The maximum atomic E-state index is 5.03. The fraction of sp³-hybridized carbons (Fsp3) is 0.346. The first kappa shape index (κ1) is 23.6. The molecule has 2 bridgehead atoms. The van der Waals surface area contributed by atoms with Crippen LogP contribution in [0.4, 0.5) is 0 Å². The van der Waals surface area contributed by atoms with Crippen LogP contribution in [0.1, 0.15) is 28.9 Å². The number of aromatic nitrogens is 1. The molecule has 0 unspecified atom stereocenters. The number of hydrogen-bond donors (Lipinski definition) is 1. The lowest BCUT2D eigenvalue weighted by molar-refractivity contribution is 0.247. The van der Waals surface area contributed by atoms with E-state index in [-0.39, 0.29) is 0 Å². The molecule has 6 heteroatoms. The first-order valence-corrected chi connectivity index (χ1v) is 12.8. The average molecular weight is 558 g/mol.